The van der Waals surface area contributed by atoms with Gasteiger partial charge in [-0.25, -0.2) is 4.79 Å². The first-order valence-corrected chi connectivity index (χ1v) is 9.12. The van der Waals surface area contributed by atoms with Crippen molar-refractivity contribution in [2.75, 3.05) is 12.4 Å². The molecule has 0 spiro atoms. The molecule has 154 valence electrons. The van der Waals surface area contributed by atoms with Gasteiger partial charge in [0.05, 0.1) is 19.6 Å². The lowest BCUT2D eigenvalue weighted by Crippen LogP contribution is -2.36. The lowest BCUT2D eigenvalue weighted by Gasteiger charge is -2.19. The number of amides is 3. The minimum atomic E-state index is -1.05. The number of nitrogens with two attached hydrogens (primary N) is 1. The molecule has 2 rings (SSSR count). The minimum absolute atomic E-state index is 0.207. The van der Waals surface area contributed by atoms with Gasteiger partial charge in [0.1, 0.15) is 5.75 Å². The van der Waals surface area contributed by atoms with Gasteiger partial charge in [0.15, 0.2) is 6.10 Å². The number of primary amides is 1. The van der Waals surface area contributed by atoms with Crippen LogP contribution < -0.4 is 21.1 Å². The number of hydrogen-bond acceptors (Lipinski definition) is 5. The van der Waals surface area contributed by atoms with Gasteiger partial charge in [-0.2, -0.15) is 0 Å². The molecule has 2 aromatic carbocycles. The van der Waals surface area contributed by atoms with E-state index < -0.39 is 30.1 Å². The smallest absolute Gasteiger partial charge is 0.312 e. The first-order chi connectivity index (χ1) is 13.8. The number of rotatable bonds is 8. The maximum Gasteiger partial charge on any atom is 0.312 e. The molecular weight excluding hydrogens is 398 g/mol. The van der Waals surface area contributed by atoms with Crippen molar-refractivity contribution in [3.8, 4) is 5.75 Å². The third kappa shape index (κ3) is 7.00. The van der Waals surface area contributed by atoms with Crippen molar-refractivity contribution < 1.29 is 23.9 Å². The first kappa shape index (κ1) is 22.0. The Morgan fingerprint density at radius 3 is 2.45 bits per heavy atom. The zero-order valence-electron chi connectivity index (χ0n) is 16.0. The van der Waals surface area contributed by atoms with Crippen LogP contribution in [0.3, 0.4) is 0 Å². The van der Waals surface area contributed by atoms with Gasteiger partial charge in [0.25, 0.3) is 5.91 Å². The second-order valence-corrected chi connectivity index (χ2v) is 6.61. The van der Waals surface area contributed by atoms with Crippen LogP contribution in [0.1, 0.15) is 24.9 Å². The molecule has 0 aliphatic carbocycles. The standard InChI is InChI=1S/C20H22ClN3O5/c1-12(19(26)23-15-4-3-5-16(10-15)28-2)29-18(25)11-17(24-20(22)27)13-6-8-14(21)9-7-13/h3-10,12,17H,11H2,1-2H3,(H,23,26)(H3,22,24,27)/t12-,17+/m1/s1. The summed E-state index contributed by atoms with van der Waals surface area (Å²) in [4.78, 5) is 35.9. The van der Waals surface area contributed by atoms with E-state index in [1.165, 1.54) is 14.0 Å². The maximum absolute atomic E-state index is 12.3. The number of esters is 1. The Balaban J connectivity index is 1.97. The van der Waals surface area contributed by atoms with E-state index in [4.69, 9.17) is 26.8 Å². The molecule has 8 nitrogen and oxygen atoms in total. The molecule has 0 aliphatic heterocycles. The van der Waals surface area contributed by atoms with E-state index in [1.54, 1.807) is 48.5 Å². The van der Waals surface area contributed by atoms with E-state index in [2.05, 4.69) is 10.6 Å². The van der Waals surface area contributed by atoms with Gasteiger partial charge in [-0.15, -0.1) is 0 Å². The summed E-state index contributed by atoms with van der Waals surface area (Å²) in [5.74, 6) is -0.597. The number of anilines is 1. The van der Waals surface area contributed by atoms with Crippen LogP contribution in [0.5, 0.6) is 5.75 Å². The highest BCUT2D eigenvalue weighted by atomic mass is 35.5. The Labute approximate surface area is 173 Å². The van der Waals surface area contributed by atoms with Crippen molar-refractivity contribution in [1.82, 2.24) is 5.32 Å². The zero-order chi connectivity index (χ0) is 21.4. The van der Waals surface area contributed by atoms with E-state index in [0.29, 0.717) is 22.0 Å². The molecule has 0 saturated heterocycles. The first-order valence-electron chi connectivity index (χ1n) is 8.74. The van der Waals surface area contributed by atoms with Crippen molar-refractivity contribution in [2.24, 2.45) is 5.73 Å². The van der Waals surface area contributed by atoms with Crippen LogP contribution >= 0.6 is 11.6 Å². The molecule has 0 bridgehead atoms. The van der Waals surface area contributed by atoms with Crippen molar-refractivity contribution in [2.45, 2.75) is 25.5 Å². The molecule has 0 unspecified atom stereocenters. The highest BCUT2D eigenvalue weighted by Gasteiger charge is 2.23. The Hall–Kier alpha value is -3.26. The molecule has 0 aliphatic rings. The zero-order valence-corrected chi connectivity index (χ0v) is 16.7. The Morgan fingerprint density at radius 1 is 1.14 bits per heavy atom. The van der Waals surface area contributed by atoms with Gasteiger partial charge in [-0.3, -0.25) is 9.59 Å². The van der Waals surface area contributed by atoms with E-state index in [-0.39, 0.29) is 6.42 Å². The molecule has 2 aromatic rings. The van der Waals surface area contributed by atoms with Crippen LogP contribution in [0.15, 0.2) is 48.5 Å². The summed E-state index contributed by atoms with van der Waals surface area (Å²) < 4.78 is 10.3. The summed E-state index contributed by atoms with van der Waals surface area (Å²) >= 11 is 5.86. The van der Waals surface area contributed by atoms with Crippen molar-refractivity contribution >= 4 is 35.2 Å². The van der Waals surface area contributed by atoms with Crippen LogP contribution in [-0.2, 0) is 14.3 Å². The van der Waals surface area contributed by atoms with E-state index in [0.717, 1.165) is 0 Å². The lowest BCUT2D eigenvalue weighted by molar-refractivity contribution is -0.153. The number of carbonyl (C=O) groups excluding carboxylic acids is 3. The summed E-state index contributed by atoms with van der Waals surface area (Å²) in [6, 6.07) is 11.8. The lowest BCUT2D eigenvalue weighted by atomic mass is 10.0. The fraction of sp³-hybridized carbons (Fsp3) is 0.250. The molecule has 0 saturated carbocycles. The van der Waals surface area contributed by atoms with Crippen LogP contribution in [0.2, 0.25) is 5.02 Å². The Bertz CT molecular complexity index is 873. The third-order valence-corrected chi connectivity index (χ3v) is 4.23. The van der Waals surface area contributed by atoms with Gasteiger partial charge < -0.3 is 25.8 Å². The Morgan fingerprint density at radius 2 is 1.83 bits per heavy atom. The number of halogens is 1. The average molecular weight is 420 g/mol. The normalized spacial score (nSPS) is 12.4. The molecule has 2 atom stereocenters. The molecule has 29 heavy (non-hydrogen) atoms. The number of carbonyl (C=O) groups is 3. The van der Waals surface area contributed by atoms with Crippen LogP contribution in [0, 0.1) is 0 Å². The second-order valence-electron chi connectivity index (χ2n) is 6.17. The summed E-state index contributed by atoms with van der Waals surface area (Å²) in [6.45, 7) is 1.45. The maximum atomic E-state index is 12.3. The third-order valence-electron chi connectivity index (χ3n) is 3.97. The van der Waals surface area contributed by atoms with Crippen LogP contribution in [-0.4, -0.2) is 31.1 Å². The molecular formula is C20H22ClN3O5. The van der Waals surface area contributed by atoms with E-state index in [9.17, 15) is 14.4 Å². The monoisotopic (exact) mass is 419 g/mol. The second kappa shape index (κ2) is 10.3. The predicted octanol–water partition coefficient (Wildman–Crippen LogP) is 3.02. The number of benzene rings is 2. The average Bonchev–Trinajstić information content (AvgIpc) is 2.67. The largest absolute Gasteiger partial charge is 0.497 e. The topological polar surface area (TPSA) is 120 Å². The number of hydrogen-bond donors (Lipinski definition) is 3. The quantitative estimate of drug-likeness (QED) is 0.568. The summed E-state index contributed by atoms with van der Waals surface area (Å²) in [7, 11) is 1.52. The van der Waals surface area contributed by atoms with Crippen molar-refractivity contribution in [3.63, 3.8) is 0 Å². The highest BCUT2D eigenvalue weighted by molar-refractivity contribution is 6.30. The van der Waals surface area contributed by atoms with Crippen LogP contribution in [0.4, 0.5) is 10.5 Å². The molecule has 4 N–H and O–H groups in total. The summed E-state index contributed by atoms with van der Waals surface area (Å²) in [5.41, 5.74) is 6.32. The fourth-order valence-corrected chi connectivity index (χ4v) is 2.66. The molecule has 0 aromatic heterocycles. The summed E-state index contributed by atoms with van der Waals surface area (Å²) in [5, 5.41) is 5.64. The van der Waals surface area contributed by atoms with Gasteiger partial charge in [-0.1, -0.05) is 29.8 Å². The van der Waals surface area contributed by atoms with E-state index in [1.807, 2.05) is 0 Å². The fourth-order valence-electron chi connectivity index (χ4n) is 2.53. The number of methoxy groups -OCH3 is 1. The van der Waals surface area contributed by atoms with Crippen LogP contribution in [0.25, 0.3) is 0 Å². The number of nitrogens with one attached hydrogen (secondary N) is 2. The van der Waals surface area contributed by atoms with Gasteiger partial charge in [0, 0.05) is 16.8 Å². The SMILES string of the molecule is COc1cccc(NC(=O)[C@@H](C)OC(=O)C[C@H](NC(N)=O)c2ccc(Cl)cc2)c1. The molecule has 9 heteroatoms. The van der Waals surface area contributed by atoms with Crippen molar-refractivity contribution in [1.29, 1.82) is 0 Å². The highest BCUT2D eigenvalue weighted by Crippen LogP contribution is 2.21. The number of urea groups is 1. The molecule has 0 radical (unpaired) electrons. The molecule has 3 amide bonds. The summed E-state index contributed by atoms with van der Waals surface area (Å²) in [6.07, 6.45) is -1.26. The number of ether oxygens (including phenoxy) is 2. The van der Waals surface area contributed by atoms with Gasteiger partial charge >= 0.3 is 12.0 Å². The van der Waals surface area contributed by atoms with Gasteiger partial charge in [-0.05, 0) is 36.8 Å². The van der Waals surface area contributed by atoms with Crippen molar-refractivity contribution in [3.05, 3.63) is 59.1 Å². The minimum Gasteiger partial charge on any atom is -0.497 e. The van der Waals surface area contributed by atoms with Gasteiger partial charge in [0.2, 0.25) is 0 Å². The predicted molar refractivity (Wildman–Crippen MR) is 109 cm³/mol. The van der Waals surface area contributed by atoms with E-state index >= 15 is 0 Å². The molecule has 0 heterocycles. The molecule has 0 fully saturated rings. The Kier molecular flexibility index (Phi) is 7.85.